The molecule has 1 aliphatic heterocycles. The van der Waals surface area contributed by atoms with Gasteiger partial charge in [0, 0.05) is 0 Å². The van der Waals surface area contributed by atoms with Gasteiger partial charge in [0.25, 0.3) is 0 Å². The van der Waals surface area contributed by atoms with Crippen LogP contribution >= 0.6 is 23.2 Å². The molecule has 2 heterocycles. The van der Waals surface area contributed by atoms with Gasteiger partial charge in [0.15, 0.2) is 0 Å². The molecule has 1 saturated heterocycles. The van der Waals surface area contributed by atoms with Crippen molar-refractivity contribution in [3.8, 4) is 0 Å². The SMILES string of the molecule is CC[C@H]1COC(=O)N1c1nc(Cl)nc(Cl)n1. The lowest BCUT2D eigenvalue weighted by Crippen LogP contribution is -2.34. The molecule has 0 saturated carbocycles. The summed E-state index contributed by atoms with van der Waals surface area (Å²) in [6, 6.07) is -0.0953. The van der Waals surface area contributed by atoms with Crippen molar-refractivity contribution < 1.29 is 9.53 Å². The predicted octanol–water partition coefficient (Wildman–Crippen LogP) is 1.91. The minimum Gasteiger partial charge on any atom is -0.447 e. The fraction of sp³-hybridized carbons (Fsp3) is 0.500. The van der Waals surface area contributed by atoms with Gasteiger partial charge < -0.3 is 4.74 Å². The van der Waals surface area contributed by atoms with E-state index in [1.165, 1.54) is 4.90 Å². The van der Waals surface area contributed by atoms with Crippen LogP contribution in [0.5, 0.6) is 0 Å². The van der Waals surface area contributed by atoms with Crippen molar-refractivity contribution >= 4 is 35.2 Å². The van der Waals surface area contributed by atoms with E-state index in [1.807, 2.05) is 6.92 Å². The average Bonchev–Trinajstić information content (AvgIpc) is 2.58. The molecule has 16 heavy (non-hydrogen) atoms. The van der Waals surface area contributed by atoms with Gasteiger partial charge >= 0.3 is 6.09 Å². The minimum atomic E-state index is -0.495. The topological polar surface area (TPSA) is 68.2 Å². The van der Waals surface area contributed by atoms with Crippen molar-refractivity contribution in [3.05, 3.63) is 10.6 Å². The molecular weight excluding hydrogens is 255 g/mol. The van der Waals surface area contributed by atoms with Gasteiger partial charge in [-0.3, -0.25) is 0 Å². The van der Waals surface area contributed by atoms with Gasteiger partial charge in [0.2, 0.25) is 16.5 Å². The third-order valence-electron chi connectivity index (χ3n) is 2.22. The number of hydrogen-bond donors (Lipinski definition) is 0. The lowest BCUT2D eigenvalue weighted by Gasteiger charge is -2.17. The first kappa shape index (κ1) is 11.3. The summed E-state index contributed by atoms with van der Waals surface area (Å²) in [5.74, 6) is 0.124. The highest BCUT2D eigenvalue weighted by Gasteiger charge is 2.35. The van der Waals surface area contributed by atoms with Crippen molar-refractivity contribution in [1.82, 2.24) is 15.0 Å². The van der Waals surface area contributed by atoms with Crippen LogP contribution in [0.4, 0.5) is 10.7 Å². The summed E-state index contributed by atoms with van der Waals surface area (Å²) in [7, 11) is 0. The first-order valence-corrected chi connectivity index (χ1v) is 5.40. The van der Waals surface area contributed by atoms with Crippen LogP contribution in [-0.2, 0) is 4.74 Å². The maximum atomic E-state index is 11.5. The Kier molecular flexibility index (Phi) is 3.11. The molecule has 1 aliphatic rings. The highest BCUT2D eigenvalue weighted by Crippen LogP contribution is 2.22. The molecule has 0 N–H and O–H groups in total. The number of aromatic nitrogens is 3. The van der Waals surface area contributed by atoms with Gasteiger partial charge in [0.1, 0.15) is 6.61 Å². The van der Waals surface area contributed by atoms with Crippen molar-refractivity contribution in [2.24, 2.45) is 0 Å². The zero-order chi connectivity index (χ0) is 11.7. The average molecular weight is 263 g/mol. The monoisotopic (exact) mass is 262 g/mol. The molecule has 1 fully saturated rings. The van der Waals surface area contributed by atoms with Crippen LogP contribution in [0.2, 0.25) is 10.6 Å². The molecule has 1 amide bonds. The Morgan fingerprint density at radius 1 is 1.38 bits per heavy atom. The summed E-state index contributed by atoms with van der Waals surface area (Å²) in [6.07, 6.45) is 0.234. The molecule has 1 aromatic rings. The van der Waals surface area contributed by atoms with Gasteiger partial charge in [-0.1, -0.05) is 6.92 Å². The molecule has 8 heteroatoms. The number of rotatable bonds is 2. The molecular formula is C8H8Cl2N4O2. The summed E-state index contributed by atoms with van der Waals surface area (Å²) in [4.78, 5) is 24.1. The van der Waals surface area contributed by atoms with Crippen LogP contribution in [0.25, 0.3) is 0 Å². The molecule has 0 radical (unpaired) electrons. The van der Waals surface area contributed by atoms with Crippen molar-refractivity contribution in [1.29, 1.82) is 0 Å². The molecule has 0 aliphatic carbocycles. The van der Waals surface area contributed by atoms with E-state index in [0.29, 0.717) is 6.61 Å². The van der Waals surface area contributed by atoms with Gasteiger partial charge in [-0.05, 0) is 29.6 Å². The summed E-state index contributed by atoms with van der Waals surface area (Å²) in [5.41, 5.74) is 0. The number of carbonyl (C=O) groups is 1. The molecule has 86 valence electrons. The molecule has 0 aromatic carbocycles. The molecule has 1 aromatic heterocycles. The highest BCUT2D eigenvalue weighted by atomic mass is 35.5. The van der Waals surface area contributed by atoms with Gasteiger partial charge in [-0.15, -0.1) is 0 Å². The number of anilines is 1. The van der Waals surface area contributed by atoms with Gasteiger partial charge in [0.05, 0.1) is 6.04 Å². The van der Waals surface area contributed by atoms with E-state index in [-0.39, 0.29) is 22.6 Å². The van der Waals surface area contributed by atoms with Crippen LogP contribution in [0.15, 0.2) is 0 Å². The normalized spacial score (nSPS) is 20.1. The molecule has 0 unspecified atom stereocenters. The number of carbonyl (C=O) groups excluding carboxylic acids is 1. The smallest absolute Gasteiger partial charge is 0.417 e. The lowest BCUT2D eigenvalue weighted by atomic mass is 10.2. The second-order valence-electron chi connectivity index (χ2n) is 3.18. The third-order valence-corrected chi connectivity index (χ3v) is 2.55. The Balaban J connectivity index is 2.38. The quantitative estimate of drug-likeness (QED) is 0.815. The Labute approximate surface area is 102 Å². The van der Waals surface area contributed by atoms with Crippen LogP contribution in [0, 0.1) is 0 Å². The number of nitrogens with zero attached hydrogens (tertiary/aromatic N) is 4. The molecule has 6 nitrogen and oxygen atoms in total. The van der Waals surface area contributed by atoms with E-state index in [0.717, 1.165) is 6.42 Å². The molecule has 1 atom stereocenters. The number of amides is 1. The van der Waals surface area contributed by atoms with E-state index >= 15 is 0 Å². The predicted molar refractivity (Wildman–Crippen MR) is 57.8 cm³/mol. The lowest BCUT2D eigenvalue weighted by molar-refractivity contribution is 0.178. The maximum absolute atomic E-state index is 11.5. The van der Waals surface area contributed by atoms with Crippen LogP contribution in [0.1, 0.15) is 13.3 Å². The largest absolute Gasteiger partial charge is 0.447 e. The fourth-order valence-electron chi connectivity index (χ4n) is 1.43. The minimum absolute atomic E-state index is 0.0513. The zero-order valence-corrected chi connectivity index (χ0v) is 9.86. The Morgan fingerprint density at radius 2 is 2.00 bits per heavy atom. The van der Waals surface area contributed by atoms with Crippen LogP contribution in [-0.4, -0.2) is 33.7 Å². The zero-order valence-electron chi connectivity index (χ0n) is 8.35. The van der Waals surface area contributed by atoms with E-state index in [1.54, 1.807) is 0 Å². The van der Waals surface area contributed by atoms with Crippen molar-refractivity contribution in [3.63, 3.8) is 0 Å². The van der Waals surface area contributed by atoms with Crippen molar-refractivity contribution in [2.45, 2.75) is 19.4 Å². The molecule has 0 bridgehead atoms. The summed E-state index contributed by atoms with van der Waals surface area (Å²) in [5, 5.41) is -0.103. The van der Waals surface area contributed by atoms with Crippen molar-refractivity contribution in [2.75, 3.05) is 11.5 Å². The second-order valence-corrected chi connectivity index (χ2v) is 3.86. The Bertz CT molecular complexity index is 408. The maximum Gasteiger partial charge on any atom is 0.417 e. The summed E-state index contributed by atoms with van der Waals surface area (Å²) in [6.45, 7) is 2.25. The first-order chi connectivity index (χ1) is 7.61. The highest BCUT2D eigenvalue weighted by molar-refractivity contribution is 6.31. The molecule has 2 rings (SSSR count). The van der Waals surface area contributed by atoms with E-state index < -0.39 is 6.09 Å². The standard InChI is InChI=1S/C8H8Cl2N4O2/c1-2-4-3-16-8(15)14(4)7-12-5(9)11-6(10)13-7/h4H,2-3H2,1H3/t4-/m0/s1. The summed E-state index contributed by atoms with van der Waals surface area (Å²) < 4.78 is 4.90. The Hall–Kier alpha value is -1.14. The fourth-order valence-corrected chi connectivity index (χ4v) is 1.78. The second kappa shape index (κ2) is 4.39. The van der Waals surface area contributed by atoms with Crippen LogP contribution < -0.4 is 4.90 Å². The van der Waals surface area contributed by atoms with Crippen LogP contribution in [0.3, 0.4) is 0 Å². The molecule has 0 spiro atoms. The number of hydrogen-bond acceptors (Lipinski definition) is 5. The van der Waals surface area contributed by atoms with E-state index in [9.17, 15) is 4.79 Å². The van der Waals surface area contributed by atoms with Gasteiger partial charge in [-0.2, -0.15) is 15.0 Å². The van der Waals surface area contributed by atoms with E-state index in [4.69, 9.17) is 27.9 Å². The first-order valence-electron chi connectivity index (χ1n) is 4.65. The number of cyclic esters (lactones) is 1. The van der Waals surface area contributed by atoms with E-state index in [2.05, 4.69) is 15.0 Å². The third kappa shape index (κ3) is 2.03. The summed E-state index contributed by atoms with van der Waals surface area (Å²) >= 11 is 11.3. The number of halogens is 2. The Morgan fingerprint density at radius 3 is 2.56 bits per heavy atom. The number of ether oxygens (including phenoxy) is 1. The van der Waals surface area contributed by atoms with Gasteiger partial charge in [-0.25, -0.2) is 9.69 Å².